The lowest BCUT2D eigenvalue weighted by atomic mass is 9.81. The lowest BCUT2D eigenvalue weighted by Gasteiger charge is -2.37. The van der Waals surface area contributed by atoms with E-state index in [1.165, 1.54) is 12.2 Å². The fourth-order valence-corrected chi connectivity index (χ4v) is 2.94. The lowest BCUT2D eigenvalue weighted by molar-refractivity contribution is -0.170. The SMILES string of the molecule is NC(=O)OC1C=CC(=O)C(c2ccc(Cl)cc2)(c2ccc(Cl)cc2)O1. The van der Waals surface area contributed by atoms with Crippen molar-refractivity contribution >= 4 is 35.1 Å². The van der Waals surface area contributed by atoms with Crippen LogP contribution in [0.15, 0.2) is 60.7 Å². The number of hydrogen-bond acceptors (Lipinski definition) is 4. The highest BCUT2D eigenvalue weighted by Gasteiger charge is 2.46. The highest BCUT2D eigenvalue weighted by Crippen LogP contribution is 2.39. The Kier molecular flexibility index (Phi) is 4.81. The minimum Gasteiger partial charge on any atom is -0.416 e. The Morgan fingerprint density at radius 1 is 1.00 bits per heavy atom. The van der Waals surface area contributed by atoms with Gasteiger partial charge in [-0.3, -0.25) is 4.79 Å². The van der Waals surface area contributed by atoms with E-state index < -0.39 is 18.0 Å². The van der Waals surface area contributed by atoms with Gasteiger partial charge in [-0.1, -0.05) is 47.5 Å². The summed E-state index contributed by atoms with van der Waals surface area (Å²) >= 11 is 11.9. The fourth-order valence-electron chi connectivity index (χ4n) is 2.69. The molecule has 0 spiro atoms. The van der Waals surface area contributed by atoms with E-state index >= 15 is 0 Å². The first kappa shape index (κ1) is 17.5. The average Bonchev–Trinajstić information content (AvgIpc) is 2.58. The average molecular weight is 378 g/mol. The Morgan fingerprint density at radius 2 is 1.48 bits per heavy atom. The molecular weight excluding hydrogens is 365 g/mol. The maximum absolute atomic E-state index is 12.9. The third-order valence-electron chi connectivity index (χ3n) is 3.78. The van der Waals surface area contributed by atoms with Gasteiger partial charge in [0.15, 0.2) is 11.4 Å². The van der Waals surface area contributed by atoms with Crippen molar-refractivity contribution in [1.29, 1.82) is 0 Å². The molecule has 0 aromatic heterocycles. The van der Waals surface area contributed by atoms with E-state index in [2.05, 4.69) is 0 Å². The number of hydrogen-bond donors (Lipinski definition) is 1. The lowest BCUT2D eigenvalue weighted by Crippen LogP contribution is -2.46. The highest BCUT2D eigenvalue weighted by molar-refractivity contribution is 6.30. The van der Waals surface area contributed by atoms with Gasteiger partial charge < -0.3 is 15.2 Å². The summed E-state index contributed by atoms with van der Waals surface area (Å²) in [5.74, 6) is -0.332. The van der Waals surface area contributed by atoms with Gasteiger partial charge in [0.25, 0.3) is 0 Å². The van der Waals surface area contributed by atoms with Crippen LogP contribution in [0, 0.1) is 0 Å². The molecule has 2 aromatic carbocycles. The number of ether oxygens (including phenoxy) is 2. The van der Waals surface area contributed by atoms with Gasteiger partial charge >= 0.3 is 6.09 Å². The smallest absolute Gasteiger partial charge is 0.407 e. The second kappa shape index (κ2) is 6.88. The Bertz CT molecular complexity index is 786. The zero-order valence-corrected chi connectivity index (χ0v) is 14.3. The first-order valence-corrected chi connectivity index (χ1v) is 8.06. The van der Waals surface area contributed by atoms with Gasteiger partial charge in [-0.15, -0.1) is 0 Å². The third kappa shape index (κ3) is 3.39. The summed E-state index contributed by atoms with van der Waals surface area (Å²) in [6.45, 7) is 0. The van der Waals surface area contributed by atoms with Gasteiger partial charge in [0, 0.05) is 10.0 Å². The van der Waals surface area contributed by atoms with Crippen LogP contribution >= 0.6 is 23.2 Å². The highest BCUT2D eigenvalue weighted by atomic mass is 35.5. The summed E-state index contributed by atoms with van der Waals surface area (Å²) in [4.78, 5) is 24.0. The summed E-state index contributed by atoms with van der Waals surface area (Å²) < 4.78 is 10.8. The van der Waals surface area contributed by atoms with Crippen LogP contribution in [0.25, 0.3) is 0 Å². The van der Waals surface area contributed by atoms with Gasteiger partial charge in [0.05, 0.1) is 0 Å². The molecule has 25 heavy (non-hydrogen) atoms. The maximum atomic E-state index is 12.9. The molecule has 1 unspecified atom stereocenters. The summed E-state index contributed by atoms with van der Waals surface area (Å²) in [7, 11) is 0. The Morgan fingerprint density at radius 3 is 1.92 bits per heavy atom. The maximum Gasteiger partial charge on any atom is 0.407 e. The number of primary amides is 1. The van der Waals surface area contributed by atoms with Gasteiger partial charge in [-0.25, -0.2) is 4.79 Å². The number of carbonyl (C=O) groups is 2. The third-order valence-corrected chi connectivity index (χ3v) is 4.28. The molecular formula is C18H13Cl2NO4. The topological polar surface area (TPSA) is 78.6 Å². The molecule has 1 aliphatic rings. The predicted octanol–water partition coefficient (Wildman–Crippen LogP) is 3.81. The molecule has 0 saturated heterocycles. The van der Waals surface area contributed by atoms with Crippen molar-refractivity contribution in [2.24, 2.45) is 5.73 Å². The van der Waals surface area contributed by atoms with Crippen molar-refractivity contribution in [2.75, 3.05) is 0 Å². The van der Waals surface area contributed by atoms with Crippen LogP contribution in [0.5, 0.6) is 0 Å². The minimum atomic E-state index is -1.51. The molecule has 1 aliphatic heterocycles. The molecule has 128 valence electrons. The van der Waals surface area contributed by atoms with Crippen molar-refractivity contribution in [2.45, 2.75) is 11.9 Å². The van der Waals surface area contributed by atoms with Gasteiger partial charge in [-0.2, -0.15) is 0 Å². The number of halogens is 2. The number of benzene rings is 2. The van der Waals surface area contributed by atoms with Crippen molar-refractivity contribution in [3.63, 3.8) is 0 Å². The van der Waals surface area contributed by atoms with E-state index in [1.54, 1.807) is 48.5 Å². The number of rotatable bonds is 3. The van der Waals surface area contributed by atoms with E-state index in [1.807, 2.05) is 0 Å². The van der Waals surface area contributed by atoms with Gasteiger partial charge in [-0.05, 0) is 47.5 Å². The molecule has 5 nitrogen and oxygen atoms in total. The van der Waals surface area contributed by atoms with Crippen LogP contribution < -0.4 is 5.73 Å². The molecule has 0 fully saturated rings. The van der Waals surface area contributed by atoms with E-state index in [0.29, 0.717) is 21.2 Å². The molecule has 1 heterocycles. The van der Waals surface area contributed by atoms with Gasteiger partial charge in [0.2, 0.25) is 6.29 Å². The van der Waals surface area contributed by atoms with Crippen LogP contribution in [0.2, 0.25) is 10.0 Å². The van der Waals surface area contributed by atoms with Crippen molar-refractivity contribution in [3.8, 4) is 0 Å². The molecule has 0 radical (unpaired) electrons. The molecule has 0 bridgehead atoms. The van der Waals surface area contributed by atoms with E-state index in [4.69, 9.17) is 38.4 Å². The minimum absolute atomic E-state index is 0.332. The predicted molar refractivity (Wildman–Crippen MR) is 93.4 cm³/mol. The number of carbonyl (C=O) groups excluding carboxylic acids is 2. The summed E-state index contributed by atoms with van der Waals surface area (Å²) in [5.41, 5.74) is 4.63. The Hall–Kier alpha value is -2.34. The molecule has 3 rings (SSSR count). The van der Waals surface area contributed by atoms with Crippen LogP contribution in [-0.4, -0.2) is 18.2 Å². The molecule has 0 saturated carbocycles. The van der Waals surface area contributed by atoms with Gasteiger partial charge in [0.1, 0.15) is 0 Å². The fraction of sp³-hybridized carbons (Fsp3) is 0.111. The first-order chi connectivity index (χ1) is 11.9. The van der Waals surface area contributed by atoms with Crippen LogP contribution in [0.4, 0.5) is 4.79 Å². The first-order valence-electron chi connectivity index (χ1n) is 7.30. The monoisotopic (exact) mass is 377 g/mol. The zero-order chi connectivity index (χ0) is 18.0. The zero-order valence-electron chi connectivity index (χ0n) is 12.8. The summed E-state index contributed by atoms with van der Waals surface area (Å²) in [6, 6.07) is 13.3. The van der Waals surface area contributed by atoms with Crippen molar-refractivity contribution < 1.29 is 19.1 Å². The van der Waals surface area contributed by atoms with Crippen molar-refractivity contribution in [1.82, 2.24) is 0 Å². The second-order valence-corrected chi connectivity index (χ2v) is 6.21. The summed E-state index contributed by atoms with van der Waals surface area (Å²) in [5, 5.41) is 1.03. The summed E-state index contributed by atoms with van der Waals surface area (Å²) in [6.07, 6.45) is 0.518. The number of ketones is 1. The normalized spacial score (nSPS) is 18.8. The Balaban J connectivity index is 2.16. The number of nitrogens with two attached hydrogens (primary N) is 1. The van der Waals surface area contributed by atoms with E-state index in [9.17, 15) is 9.59 Å². The molecule has 7 heteroatoms. The molecule has 1 amide bonds. The van der Waals surface area contributed by atoms with E-state index in [-0.39, 0.29) is 5.78 Å². The molecule has 2 N–H and O–H groups in total. The quantitative estimate of drug-likeness (QED) is 0.881. The largest absolute Gasteiger partial charge is 0.416 e. The molecule has 2 aromatic rings. The number of amides is 1. The standard InChI is InChI=1S/C18H13Cl2NO4/c19-13-5-1-11(2-6-13)18(12-3-7-14(20)8-4-12)15(22)9-10-16(25-18)24-17(21)23/h1-10,16H,(H2,21,23). The van der Waals surface area contributed by atoms with Crippen molar-refractivity contribution in [3.05, 3.63) is 81.9 Å². The van der Waals surface area contributed by atoms with Crippen LogP contribution in [-0.2, 0) is 19.9 Å². The molecule has 0 aliphatic carbocycles. The van der Waals surface area contributed by atoms with Crippen LogP contribution in [0.3, 0.4) is 0 Å². The Labute approximate surface area is 153 Å². The molecule has 1 atom stereocenters. The second-order valence-electron chi connectivity index (χ2n) is 5.34. The van der Waals surface area contributed by atoms with E-state index in [0.717, 1.165) is 0 Å². The van der Waals surface area contributed by atoms with Crippen LogP contribution in [0.1, 0.15) is 11.1 Å².